The summed E-state index contributed by atoms with van der Waals surface area (Å²) >= 11 is 0. The van der Waals surface area contributed by atoms with Crippen LogP contribution < -0.4 is 4.74 Å². The van der Waals surface area contributed by atoms with Gasteiger partial charge in [0.05, 0.1) is 19.3 Å². The second-order valence-corrected chi connectivity index (χ2v) is 8.93. The van der Waals surface area contributed by atoms with Crippen LogP contribution in [0.2, 0.25) is 0 Å². The van der Waals surface area contributed by atoms with Crippen molar-refractivity contribution in [3.8, 4) is 6.01 Å². The number of nitrogens with zero attached hydrogens (tertiary/aromatic N) is 5. The van der Waals surface area contributed by atoms with Gasteiger partial charge in [-0.1, -0.05) is 19.1 Å². The number of benzene rings is 1. The number of methoxy groups -OCH3 is 1. The Bertz CT molecular complexity index is 1100. The number of halogens is 1. The number of imidazole rings is 1. The van der Waals surface area contributed by atoms with Crippen molar-refractivity contribution in [3.63, 3.8) is 0 Å². The summed E-state index contributed by atoms with van der Waals surface area (Å²) in [5.74, 6) is 1.91. The molecule has 3 saturated heterocycles. The first-order chi connectivity index (χ1) is 15.1. The zero-order valence-corrected chi connectivity index (χ0v) is 18.6. The number of fused-ring (bicyclic) bond motifs is 4. The highest BCUT2D eigenvalue weighted by Crippen LogP contribution is 2.39. The van der Waals surface area contributed by atoms with E-state index < -0.39 is 0 Å². The first kappa shape index (κ1) is 20.4. The predicted molar refractivity (Wildman–Crippen MR) is 118 cm³/mol. The van der Waals surface area contributed by atoms with E-state index in [1.165, 1.54) is 25.9 Å². The Morgan fingerprint density at radius 1 is 1.16 bits per heavy atom. The minimum atomic E-state index is -0.143. The second kappa shape index (κ2) is 8.19. The number of hydrogen-bond acceptors (Lipinski definition) is 5. The highest BCUT2D eigenvalue weighted by atomic mass is 19.1. The topological polar surface area (TPSA) is 56.1 Å². The van der Waals surface area contributed by atoms with Crippen LogP contribution in [0, 0.1) is 18.7 Å². The normalized spacial score (nSPS) is 22.9. The zero-order chi connectivity index (χ0) is 21.5. The maximum Gasteiger partial charge on any atom is 0.318 e. The molecule has 7 heteroatoms. The average Bonchev–Trinajstić information content (AvgIpc) is 3.13. The van der Waals surface area contributed by atoms with Crippen LogP contribution in [0.25, 0.3) is 11.2 Å². The lowest BCUT2D eigenvalue weighted by atomic mass is 9.75. The van der Waals surface area contributed by atoms with Gasteiger partial charge in [0.2, 0.25) is 0 Å². The van der Waals surface area contributed by atoms with Gasteiger partial charge >= 0.3 is 6.01 Å². The highest BCUT2D eigenvalue weighted by Gasteiger charge is 2.35. The fourth-order valence-corrected chi connectivity index (χ4v) is 5.26. The van der Waals surface area contributed by atoms with E-state index in [1.54, 1.807) is 13.2 Å². The van der Waals surface area contributed by atoms with Crippen LogP contribution in [-0.4, -0.2) is 51.2 Å². The molecule has 3 aliphatic heterocycles. The summed E-state index contributed by atoms with van der Waals surface area (Å²) in [6, 6.07) is 6.16. The third kappa shape index (κ3) is 3.69. The molecule has 2 aromatic heterocycles. The lowest BCUT2D eigenvalue weighted by Crippen LogP contribution is -2.46. The lowest BCUT2D eigenvalue weighted by Gasteiger charge is -2.45. The van der Waals surface area contributed by atoms with Crippen molar-refractivity contribution in [1.82, 2.24) is 24.4 Å². The van der Waals surface area contributed by atoms with E-state index in [0.717, 1.165) is 42.0 Å². The van der Waals surface area contributed by atoms with Gasteiger partial charge in [-0.15, -0.1) is 0 Å². The zero-order valence-electron chi connectivity index (χ0n) is 18.6. The molecule has 0 saturated carbocycles. The van der Waals surface area contributed by atoms with Gasteiger partial charge in [0.15, 0.2) is 5.65 Å². The van der Waals surface area contributed by atoms with Gasteiger partial charge in [0, 0.05) is 18.5 Å². The van der Waals surface area contributed by atoms with Gasteiger partial charge in [-0.25, -0.2) is 9.37 Å². The van der Waals surface area contributed by atoms with E-state index in [1.807, 2.05) is 17.6 Å². The number of aromatic nitrogens is 4. The second-order valence-electron chi connectivity index (χ2n) is 8.93. The fraction of sp³-hybridized carbons (Fsp3) is 0.542. The molecule has 0 radical (unpaired) electrons. The molecule has 0 amide bonds. The summed E-state index contributed by atoms with van der Waals surface area (Å²) < 4.78 is 22.6. The largest absolute Gasteiger partial charge is 0.467 e. The number of aryl methyl sites for hydroxylation is 2. The summed E-state index contributed by atoms with van der Waals surface area (Å²) in [4.78, 5) is 16.2. The molecule has 5 heterocycles. The van der Waals surface area contributed by atoms with Crippen LogP contribution >= 0.6 is 0 Å². The van der Waals surface area contributed by atoms with Gasteiger partial charge in [-0.2, -0.15) is 9.97 Å². The van der Waals surface area contributed by atoms with Crippen LogP contribution in [0.3, 0.4) is 0 Å². The van der Waals surface area contributed by atoms with E-state index in [9.17, 15) is 0 Å². The third-order valence-corrected chi connectivity index (χ3v) is 6.97. The molecule has 31 heavy (non-hydrogen) atoms. The molecule has 3 aromatic rings. The lowest BCUT2D eigenvalue weighted by molar-refractivity contribution is 0.0870. The molecule has 0 spiro atoms. The Kier molecular flexibility index (Phi) is 5.38. The van der Waals surface area contributed by atoms with E-state index >= 15 is 4.39 Å². The SMILES string of the molecule is CCCc1nc2c(C)nc(OC)nc2n1Cc1ccc(C2CN3CCC2CC3)cc1F. The first-order valence-corrected chi connectivity index (χ1v) is 11.4. The Morgan fingerprint density at radius 3 is 2.61 bits per heavy atom. The van der Waals surface area contributed by atoms with E-state index in [2.05, 4.69) is 27.9 Å². The summed E-state index contributed by atoms with van der Waals surface area (Å²) in [6.45, 7) is 7.87. The Hall–Kier alpha value is -2.54. The Morgan fingerprint density at radius 2 is 1.97 bits per heavy atom. The monoisotopic (exact) mass is 423 g/mol. The quantitative estimate of drug-likeness (QED) is 0.598. The van der Waals surface area contributed by atoms with Crippen LogP contribution in [-0.2, 0) is 13.0 Å². The first-order valence-electron chi connectivity index (χ1n) is 11.4. The number of hydrogen-bond donors (Lipinski definition) is 0. The minimum Gasteiger partial charge on any atom is -0.467 e. The summed E-state index contributed by atoms with van der Waals surface area (Å²) in [5.41, 5.74) is 4.04. The minimum absolute atomic E-state index is 0.143. The third-order valence-electron chi connectivity index (χ3n) is 6.97. The van der Waals surface area contributed by atoms with E-state index in [4.69, 9.17) is 9.72 Å². The molecule has 0 aliphatic carbocycles. The Labute approximate surface area is 182 Å². The molecule has 1 aromatic carbocycles. The fourth-order valence-electron chi connectivity index (χ4n) is 5.26. The summed E-state index contributed by atoms with van der Waals surface area (Å²) in [5, 5.41) is 0. The molecule has 0 N–H and O–H groups in total. The van der Waals surface area contributed by atoms with Gasteiger partial charge in [0.1, 0.15) is 17.2 Å². The molecule has 1 unspecified atom stereocenters. The molecule has 3 fully saturated rings. The highest BCUT2D eigenvalue weighted by molar-refractivity contribution is 5.74. The molecule has 2 bridgehead atoms. The number of piperidine rings is 3. The van der Waals surface area contributed by atoms with Crippen molar-refractivity contribution in [2.45, 2.75) is 52.0 Å². The van der Waals surface area contributed by atoms with Crippen LogP contribution in [0.4, 0.5) is 4.39 Å². The van der Waals surface area contributed by atoms with Crippen molar-refractivity contribution in [1.29, 1.82) is 0 Å². The predicted octanol–water partition coefficient (Wildman–Crippen LogP) is 4.09. The van der Waals surface area contributed by atoms with Crippen LogP contribution in [0.5, 0.6) is 6.01 Å². The molecule has 6 nitrogen and oxygen atoms in total. The van der Waals surface area contributed by atoms with Gasteiger partial charge < -0.3 is 14.2 Å². The maximum atomic E-state index is 15.3. The van der Waals surface area contributed by atoms with Crippen LogP contribution in [0.15, 0.2) is 18.2 Å². The number of ether oxygens (including phenoxy) is 1. The number of rotatable bonds is 6. The Balaban J connectivity index is 1.49. The molecule has 1 atom stereocenters. The smallest absolute Gasteiger partial charge is 0.318 e. The summed E-state index contributed by atoms with van der Waals surface area (Å²) in [7, 11) is 1.56. The van der Waals surface area contributed by atoms with Gasteiger partial charge in [0.25, 0.3) is 0 Å². The summed E-state index contributed by atoms with van der Waals surface area (Å²) in [6.07, 6.45) is 4.22. The van der Waals surface area contributed by atoms with Crippen molar-refractivity contribution >= 4 is 11.2 Å². The van der Waals surface area contributed by atoms with Crippen LogP contribution in [0.1, 0.15) is 54.7 Å². The standard InChI is InChI=1S/C24H30FN5O/c1-4-5-21-27-22-15(2)26-24(31-3)28-23(22)30(21)13-18-7-6-17(12-20(18)25)19-14-29-10-8-16(19)9-11-29/h6-7,12,16,19H,4-5,8-11,13-14H2,1-3H3. The van der Waals surface area contributed by atoms with Gasteiger partial charge in [-0.05, 0) is 62.7 Å². The average molecular weight is 424 g/mol. The van der Waals surface area contributed by atoms with Crippen molar-refractivity contribution < 1.29 is 9.13 Å². The molecule has 6 rings (SSSR count). The molecular formula is C24H30FN5O. The van der Waals surface area contributed by atoms with E-state index in [0.29, 0.717) is 35.6 Å². The molecule has 3 aliphatic rings. The molecule has 164 valence electrons. The van der Waals surface area contributed by atoms with Gasteiger partial charge in [-0.3, -0.25) is 0 Å². The maximum absolute atomic E-state index is 15.3. The van der Waals surface area contributed by atoms with E-state index in [-0.39, 0.29) is 5.82 Å². The van der Waals surface area contributed by atoms with Crippen molar-refractivity contribution in [3.05, 3.63) is 46.7 Å². The molecular weight excluding hydrogens is 393 g/mol. The van der Waals surface area contributed by atoms with Crippen molar-refractivity contribution in [2.24, 2.45) is 5.92 Å². The van der Waals surface area contributed by atoms with Crippen molar-refractivity contribution in [2.75, 3.05) is 26.7 Å².